The van der Waals surface area contributed by atoms with Crippen LogP contribution in [0.4, 0.5) is 0 Å². The Bertz CT molecular complexity index is 97.8. The Balaban J connectivity index is 2.92. The molecule has 3 nitrogen and oxygen atoms in total. The van der Waals surface area contributed by atoms with Crippen molar-refractivity contribution >= 4 is 16.5 Å². The van der Waals surface area contributed by atoms with E-state index in [0.29, 0.717) is 0 Å². The number of rotatable bonds is 8. The van der Waals surface area contributed by atoms with Crippen LogP contribution in [0, 0.1) is 0 Å². The monoisotopic (exact) mass is 202 g/mol. The third-order valence-electron chi connectivity index (χ3n) is 1.79. The lowest BCUT2D eigenvalue weighted by Gasteiger charge is -2.11. The number of nitrogens with zero attached hydrogens (tertiary/aromatic N) is 2. The number of ether oxygens (including phenoxy) is 1. The van der Waals surface area contributed by atoms with Crippen molar-refractivity contribution in [2.24, 2.45) is 0 Å². The van der Waals surface area contributed by atoms with E-state index in [2.05, 4.69) is 29.9 Å². The lowest BCUT2D eigenvalue weighted by atomic mass is 10.4. The summed E-state index contributed by atoms with van der Waals surface area (Å²) in [4.78, 5) is 2.19. The molecule has 0 N–H and O–H groups in total. The molecular weight excluding hydrogens is 179 g/mol. The minimum atomic E-state index is 0.906. The molecule has 0 fully saturated rings. The lowest BCUT2D eigenvalue weighted by Crippen LogP contribution is -2.18. The van der Waals surface area contributed by atoms with Crippen molar-refractivity contribution < 1.29 is 4.74 Å². The standard InChI is InChI=1S/C9H21N2O.Al.2H/c1-10-6-4-8-12-9-5-7-11(2)3;;;/h4-9H2,1-3H3;;;/q-1;+1;;. The predicted octanol–water partition coefficient (Wildman–Crippen LogP) is -0.175. The average Bonchev–Trinajstić information content (AvgIpc) is 2.01. The Labute approximate surface area is 90.7 Å². The molecule has 4 heteroatoms. The van der Waals surface area contributed by atoms with Gasteiger partial charge in [0.1, 0.15) is 0 Å². The van der Waals surface area contributed by atoms with Crippen molar-refractivity contribution in [3.8, 4) is 0 Å². The molecule has 0 rings (SSSR count). The van der Waals surface area contributed by atoms with Gasteiger partial charge >= 0.3 is 16.5 Å². The van der Waals surface area contributed by atoms with Crippen LogP contribution in [-0.2, 0) is 4.74 Å². The Hall–Kier alpha value is 0.412. The van der Waals surface area contributed by atoms with Crippen molar-refractivity contribution in [2.75, 3.05) is 47.4 Å². The van der Waals surface area contributed by atoms with Gasteiger partial charge in [0.15, 0.2) is 0 Å². The minimum absolute atomic E-state index is 0.906. The highest BCUT2D eigenvalue weighted by Gasteiger charge is 1.92. The molecule has 0 aliphatic rings. The molecule has 0 spiro atoms. The van der Waals surface area contributed by atoms with Crippen molar-refractivity contribution in [1.29, 1.82) is 0 Å². The molecule has 78 valence electrons. The highest BCUT2D eigenvalue weighted by Crippen LogP contribution is 1.88. The second-order valence-corrected chi connectivity index (χ2v) is 5.45. The molecule has 0 saturated carbocycles. The van der Waals surface area contributed by atoms with E-state index in [1.54, 1.807) is 0 Å². The summed E-state index contributed by atoms with van der Waals surface area (Å²) in [5.74, 6) is 0. The van der Waals surface area contributed by atoms with Crippen LogP contribution < -0.4 is 0 Å². The largest absolute Gasteiger partial charge is 0.393 e. The lowest BCUT2D eigenvalue weighted by molar-refractivity contribution is 0.121. The summed E-state index contributed by atoms with van der Waals surface area (Å²) < 4.78 is 7.82. The fourth-order valence-corrected chi connectivity index (χ4v) is 1.38. The first-order valence-electron chi connectivity index (χ1n) is 5.00. The maximum Gasteiger partial charge on any atom is 0.321 e. The molecule has 0 aromatic rings. The van der Waals surface area contributed by atoms with E-state index in [-0.39, 0.29) is 0 Å². The molecular formula is C9H23AlN2O. The van der Waals surface area contributed by atoms with Crippen LogP contribution in [0.1, 0.15) is 12.8 Å². The fourth-order valence-electron chi connectivity index (χ4n) is 1.07. The predicted molar refractivity (Wildman–Crippen MR) is 59.8 cm³/mol. The van der Waals surface area contributed by atoms with Crippen LogP contribution >= 0.6 is 0 Å². The van der Waals surface area contributed by atoms with Gasteiger partial charge in [0, 0.05) is 13.2 Å². The third kappa shape index (κ3) is 12.4. The van der Waals surface area contributed by atoms with Gasteiger partial charge in [0.25, 0.3) is 0 Å². The summed E-state index contributed by atoms with van der Waals surface area (Å²) >= 11 is 1.16. The van der Waals surface area contributed by atoms with Crippen molar-refractivity contribution in [1.82, 2.24) is 8.78 Å². The van der Waals surface area contributed by atoms with E-state index in [9.17, 15) is 0 Å². The summed E-state index contributed by atoms with van der Waals surface area (Å²) in [6.07, 6.45) is 2.31. The summed E-state index contributed by atoms with van der Waals surface area (Å²) in [5, 5.41) is 0. The van der Waals surface area contributed by atoms with Crippen LogP contribution in [0.3, 0.4) is 0 Å². The molecule has 0 saturated heterocycles. The van der Waals surface area contributed by atoms with Crippen molar-refractivity contribution in [3.05, 3.63) is 0 Å². The zero-order valence-electron chi connectivity index (χ0n) is 9.55. The second-order valence-electron chi connectivity index (χ2n) is 3.93. The maximum atomic E-state index is 5.50. The summed E-state index contributed by atoms with van der Waals surface area (Å²) in [7, 11) is 6.34. The summed E-state index contributed by atoms with van der Waals surface area (Å²) in [6, 6.07) is 0. The summed E-state index contributed by atoms with van der Waals surface area (Å²) in [6.45, 7) is 4.13. The maximum absolute atomic E-state index is 5.50. The van der Waals surface area contributed by atoms with E-state index >= 15 is 0 Å². The van der Waals surface area contributed by atoms with Gasteiger partial charge in [0.2, 0.25) is 0 Å². The zero-order chi connectivity index (χ0) is 10.1. The van der Waals surface area contributed by atoms with Crippen LogP contribution in [0.2, 0.25) is 0 Å². The number of hydrogen-bond donors (Lipinski definition) is 0. The highest BCUT2D eigenvalue weighted by molar-refractivity contribution is 6.04. The molecule has 13 heavy (non-hydrogen) atoms. The van der Waals surface area contributed by atoms with Gasteiger partial charge in [-0.3, -0.25) is 0 Å². The molecule has 0 aliphatic heterocycles. The van der Waals surface area contributed by atoms with Crippen molar-refractivity contribution in [2.45, 2.75) is 12.8 Å². The third-order valence-corrected chi connectivity index (χ3v) is 2.24. The first-order chi connectivity index (χ1) is 6.13. The molecule has 0 unspecified atom stereocenters. The van der Waals surface area contributed by atoms with Crippen LogP contribution in [0.15, 0.2) is 0 Å². The fraction of sp³-hybridized carbons (Fsp3) is 1.00. The molecule has 0 heterocycles. The van der Waals surface area contributed by atoms with Crippen LogP contribution in [-0.4, -0.2) is 72.7 Å². The molecule has 0 aliphatic carbocycles. The van der Waals surface area contributed by atoms with Gasteiger partial charge in [-0.05, 0) is 47.1 Å². The van der Waals surface area contributed by atoms with Gasteiger partial charge in [0.05, 0.1) is 0 Å². The van der Waals surface area contributed by atoms with Crippen LogP contribution in [0.5, 0.6) is 0 Å². The van der Waals surface area contributed by atoms with Gasteiger partial charge < -0.3 is 13.5 Å². The summed E-state index contributed by atoms with van der Waals surface area (Å²) in [5.41, 5.74) is 0. The highest BCUT2D eigenvalue weighted by atomic mass is 27.1. The van der Waals surface area contributed by atoms with Gasteiger partial charge in [-0.15, -0.1) is 0 Å². The molecule has 0 aromatic carbocycles. The zero-order valence-corrected chi connectivity index (χ0v) is 11.5. The Morgan fingerprint density at radius 1 is 1.00 bits per heavy atom. The second kappa shape index (κ2) is 8.99. The average molecular weight is 202 g/mol. The van der Waals surface area contributed by atoms with Gasteiger partial charge in [-0.2, -0.15) is 0 Å². The van der Waals surface area contributed by atoms with Gasteiger partial charge in [-0.1, -0.05) is 0 Å². The Morgan fingerprint density at radius 3 is 2.00 bits per heavy atom. The van der Waals surface area contributed by atoms with E-state index < -0.39 is 0 Å². The molecule has 0 radical (unpaired) electrons. The Kier molecular flexibility index (Phi) is 9.27. The smallest absolute Gasteiger partial charge is 0.321 e. The SMILES string of the molecule is CN(C)CCCOCCC[N](C)[AlH2]. The Morgan fingerprint density at radius 2 is 1.54 bits per heavy atom. The van der Waals surface area contributed by atoms with E-state index in [0.717, 1.165) is 42.7 Å². The van der Waals surface area contributed by atoms with E-state index in [1.165, 1.54) is 13.0 Å². The first kappa shape index (κ1) is 13.4. The molecule has 0 aromatic heterocycles. The normalized spacial score (nSPS) is 11.5. The topological polar surface area (TPSA) is 15.7 Å². The minimum Gasteiger partial charge on any atom is -0.393 e. The van der Waals surface area contributed by atoms with Crippen LogP contribution in [0.25, 0.3) is 0 Å². The van der Waals surface area contributed by atoms with E-state index in [4.69, 9.17) is 4.74 Å². The molecule has 0 amide bonds. The number of hydrogen-bond acceptors (Lipinski definition) is 3. The van der Waals surface area contributed by atoms with Gasteiger partial charge in [-0.25, -0.2) is 0 Å². The van der Waals surface area contributed by atoms with Crippen molar-refractivity contribution in [3.63, 3.8) is 0 Å². The van der Waals surface area contributed by atoms with E-state index in [1.807, 2.05) is 0 Å². The molecule has 0 bridgehead atoms. The quantitative estimate of drug-likeness (QED) is 0.401. The first-order valence-corrected chi connectivity index (χ1v) is 5.89. The molecule has 0 atom stereocenters.